The monoisotopic (exact) mass is 278 g/mol. The summed E-state index contributed by atoms with van der Waals surface area (Å²) in [6.45, 7) is 6.25. The van der Waals surface area contributed by atoms with Crippen LogP contribution in [0.2, 0.25) is 0 Å². The number of halogens is 1. The van der Waals surface area contributed by atoms with E-state index in [1.54, 1.807) is 0 Å². The molecule has 4 nitrogen and oxygen atoms in total. The number of carbonyl (C=O) groups excluding carboxylic acids is 1. The van der Waals surface area contributed by atoms with Crippen molar-refractivity contribution in [3.05, 3.63) is 0 Å². The Hall–Kier alpha value is -0.320. The Kier molecular flexibility index (Phi) is 8.57. The summed E-state index contributed by atoms with van der Waals surface area (Å²) < 4.78 is 5.43. The Balaban J connectivity index is 0.00000289. The van der Waals surface area contributed by atoms with E-state index in [-0.39, 0.29) is 18.3 Å². The van der Waals surface area contributed by atoms with E-state index in [1.165, 1.54) is 0 Å². The highest BCUT2D eigenvalue weighted by molar-refractivity contribution is 5.86. The van der Waals surface area contributed by atoms with Gasteiger partial charge >= 0.3 is 0 Å². The highest BCUT2D eigenvalue weighted by Crippen LogP contribution is 2.26. The maximum atomic E-state index is 11.8. The number of nitrogens with one attached hydrogen (secondary N) is 1. The highest BCUT2D eigenvalue weighted by atomic mass is 35.5. The first-order chi connectivity index (χ1) is 8.04. The fourth-order valence-electron chi connectivity index (χ4n) is 2.07. The lowest BCUT2D eigenvalue weighted by atomic mass is 9.98. The summed E-state index contributed by atoms with van der Waals surface area (Å²) >= 11 is 0. The summed E-state index contributed by atoms with van der Waals surface area (Å²) in [5.74, 6) is 0.651. The van der Waals surface area contributed by atoms with Crippen LogP contribution in [0.4, 0.5) is 0 Å². The largest absolute Gasteiger partial charge is 0.380 e. The Morgan fingerprint density at radius 2 is 1.94 bits per heavy atom. The van der Waals surface area contributed by atoms with E-state index < -0.39 is 5.54 Å². The van der Waals surface area contributed by atoms with Crippen LogP contribution < -0.4 is 11.1 Å². The van der Waals surface area contributed by atoms with Crippen molar-refractivity contribution in [3.63, 3.8) is 0 Å². The van der Waals surface area contributed by atoms with Gasteiger partial charge < -0.3 is 15.8 Å². The van der Waals surface area contributed by atoms with E-state index in [0.717, 1.165) is 38.7 Å². The zero-order valence-corrected chi connectivity index (χ0v) is 12.4. The second-order valence-electron chi connectivity index (χ2n) is 5.41. The molecule has 108 valence electrons. The molecule has 0 atom stereocenters. The number of hydrogen-bond donors (Lipinski definition) is 2. The van der Waals surface area contributed by atoms with Crippen LogP contribution in [0.25, 0.3) is 0 Å². The highest BCUT2D eigenvalue weighted by Gasteiger charge is 2.36. The summed E-state index contributed by atoms with van der Waals surface area (Å²) in [5, 5.41) is 2.86. The predicted molar refractivity (Wildman–Crippen MR) is 75.9 cm³/mol. The smallest absolute Gasteiger partial charge is 0.240 e. The number of carbonyl (C=O) groups is 1. The van der Waals surface area contributed by atoms with Crippen molar-refractivity contribution in [1.29, 1.82) is 0 Å². The van der Waals surface area contributed by atoms with Gasteiger partial charge in [0.15, 0.2) is 0 Å². The SMILES string of the molecule is CC(C)CCOCCNC(=O)C1(N)CCCC1.Cl. The van der Waals surface area contributed by atoms with Gasteiger partial charge in [-0.2, -0.15) is 0 Å². The molecule has 0 radical (unpaired) electrons. The summed E-state index contributed by atoms with van der Waals surface area (Å²) in [4.78, 5) is 11.8. The Labute approximate surface area is 116 Å². The molecule has 0 aromatic carbocycles. The van der Waals surface area contributed by atoms with Gasteiger partial charge in [-0.3, -0.25) is 4.79 Å². The molecule has 1 amide bonds. The lowest BCUT2D eigenvalue weighted by Gasteiger charge is -2.22. The van der Waals surface area contributed by atoms with Gasteiger partial charge in [0.2, 0.25) is 5.91 Å². The van der Waals surface area contributed by atoms with Gasteiger partial charge in [-0.15, -0.1) is 12.4 Å². The fourth-order valence-corrected chi connectivity index (χ4v) is 2.07. The predicted octanol–water partition coefficient (Wildman–Crippen LogP) is 1.86. The van der Waals surface area contributed by atoms with Gasteiger partial charge in [0.05, 0.1) is 12.1 Å². The molecule has 0 aliphatic heterocycles. The van der Waals surface area contributed by atoms with Gasteiger partial charge in [-0.05, 0) is 25.2 Å². The van der Waals surface area contributed by atoms with Crippen LogP contribution in [0.1, 0.15) is 46.0 Å². The van der Waals surface area contributed by atoms with Gasteiger partial charge in [-0.1, -0.05) is 26.7 Å². The lowest BCUT2D eigenvalue weighted by Crippen LogP contribution is -2.52. The van der Waals surface area contributed by atoms with Crippen molar-refractivity contribution in [3.8, 4) is 0 Å². The molecule has 1 fully saturated rings. The molecular weight excluding hydrogens is 252 g/mol. The van der Waals surface area contributed by atoms with Crippen molar-refractivity contribution < 1.29 is 9.53 Å². The van der Waals surface area contributed by atoms with E-state index in [4.69, 9.17) is 10.5 Å². The standard InChI is InChI=1S/C13H26N2O2.ClH/c1-11(2)5-9-17-10-8-15-12(16)13(14)6-3-4-7-13;/h11H,3-10,14H2,1-2H3,(H,15,16);1H. The maximum Gasteiger partial charge on any atom is 0.240 e. The van der Waals surface area contributed by atoms with Gasteiger partial charge in [0.1, 0.15) is 0 Å². The molecule has 1 rings (SSSR count). The van der Waals surface area contributed by atoms with Gasteiger partial charge in [-0.25, -0.2) is 0 Å². The molecule has 0 saturated heterocycles. The molecule has 1 aliphatic carbocycles. The molecule has 5 heteroatoms. The first kappa shape index (κ1) is 17.7. The quantitative estimate of drug-likeness (QED) is 0.699. The summed E-state index contributed by atoms with van der Waals surface area (Å²) in [7, 11) is 0. The van der Waals surface area contributed by atoms with E-state index >= 15 is 0 Å². The molecule has 0 bridgehead atoms. The van der Waals surface area contributed by atoms with E-state index in [1.807, 2.05) is 0 Å². The third-order valence-corrected chi connectivity index (χ3v) is 3.32. The number of rotatable bonds is 7. The van der Waals surface area contributed by atoms with Crippen molar-refractivity contribution in [1.82, 2.24) is 5.32 Å². The van der Waals surface area contributed by atoms with Gasteiger partial charge in [0, 0.05) is 13.2 Å². The Morgan fingerprint density at radius 1 is 1.33 bits per heavy atom. The first-order valence-corrected chi connectivity index (χ1v) is 6.69. The first-order valence-electron chi connectivity index (χ1n) is 6.69. The topological polar surface area (TPSA) is 64.3 Å². The Morgan fingerprint density at radius 3 is 2.50 bits per heavy atom. The zero-order valence-electron chi connectivity index (χ0n) is 11.5. The zero-order chi connectivity index (χ0) is 12.7. The number of ether oxygens (including phenoxy) is 1. The molecule has 18 heavy (non-hydrogen) atoms. The number of amides is 1. The van der Waals surface area contributed by atoms with Crippen LogP contribution in [0, 0.1) is 5.92 Å². The lowest BCUT2D eigenvalue weighted by molar-refractivity contribution is -0.126. The van der Waals surface area contributed by atoms with Crippen LogP contribution in [0.5, 0.6) is 0 Å². The van der Waals surface area contributed by atoms with Crippen LogP contribution in [-0.2, 0) is 9.53 Å². The minimum Gasteiger partial charge on any atom is -0.380 e. The Bertz CT molecular complexity index is 241. The average Bonchev–Trinajstić information content (AvgIpc) is 2.71. The number of nitrogens with two attached hydrogens (primary N) is 1. The molecule has 3 N–H and O–H groups in total. The van der Waals surface area contributed by atoms with E-state index in [0.29, 0.717) is 19.1 Å². The third kappa shape index (κ3) is 6.03. The molecule has 1 saturated carbocycles. The molecule has 1 aliphatic rings. The fraction of sp³-hybridized carbons (Fsp3) is 0.923. The van der Waals surface area contributed by atoms with Crippen molar-refractivity contribution >= 4 is 18.3 Å². The van der Waals surface area contributed by atoms with E-state index in [9.17, 15) is 4.79 Å². The van der Waals surface area contributed by atoms with Crippen LogP contribution in [-0.4, -0.2) is 31.2 Å². The second kappa shape index (κ2) is 8.73. The minimum absolute atomic E-state index is 0. The van der Waals surface area contributed by atoms with Crippen LogP contribution in [0.15, 0.2) is 0 Å². The van der Waals surface area contributed by atoms with E-state index in [2.05, 4.69) is 19.2 Å². The molecule has 0 heterocycles. The normalized spacial score (nSPS) is 17.6. The van der Waals surface area contributed by atoms with Crippen LogP contribution >= 0.6 is 12.4 Å². The minimum atomic E-state index is -0.613. The summed E-state index contributed by atoms with van der Waals surface area (Å²) in [6, 6.07) is 0. The summed E-state index contributed by atoms with van der Waals surface area (Å²) in [6.07, 6.45) is 4.82. The maximum absolute atomic E-state index is 11.8. The van der Waals surface area contributed by atoms with Crippen molar-refractivity contribution in [2.24, 2.45) is 11.7 Å². The molecule has 0 unspecified atom stereocenters. The van der Waals surface area contributed by atoms with Crippen molar-refractivity contribution in [2.75, 3.05) is 19.8 Å². The van der Waals surface area contributed by atoms with Crippen LogP contribution in [0.3, 0.4) is 0 Å². The molecule has 0 spiro atoms. The van der Waals surface area contributed by atoms with Crippen molar-refractivity contribution in [2.45, 2.75) is 51.5 Å². The average molecular weight is 279 g/mol. The molecule has 0 aromatic rings. The summed E-state index contributed by atoms with van der Waals surface area (Å²) in [5.41, 5.74) is 5.42. The van der Waals surface area contributed by atoms with Gasteiger partial charge in [0.25, 0.3) is 0 Å². The molecular formula is C13H27ClN2O2. The number of hydrogen-bond acceptors (Lipinski definition) is 3. The second-order valence-corrected chi connectivity index (χ2v) is 5.41. The third-order valence-electron chi connectivity index (χ3n) is 3.32. The molecule has 0 aromatic heterocycles.